The fourth-order valence-electron chi connectivity index (χ4n) is 3.49. The maximum Gasteiger partial charge on any atom is 0.0371 e. The summed E-state index contributed by atoms with van der Waals surface area (Å²) in [7, 11) is 0. The van der Waals surface area contributed by atoms with E-state index in [1.807, 2.05) is 0 Å². The molecule has 0 saturated carbocycles. The van der Waals surface area contributed by atoms with E-state index in [9.17, 15) is 0 Å². The van der Waals surface area contributed by atoms with Crippen LogP contribution in [0.5, 0.6) is 0 Å². The molecule has 1 aromatic carbocycles. The minimum absolute atomic E-state index is 0.715. The van der Waals surface area contributed by atoms with Crippen molar-refractivity contribution in [2.75, 3.05) is 31.1 Å². The van der Waals surface area contributed by atoms with Crippen LogP contribution in [0.15, 0.2) is 30.3 Å². The molecule has 2 aliphatic heterocycles. The van der Waals surface area contributed by atoms with Gasteiger partial charge >= 0.3 is 0 Å². The van der Waals surface area contributed by atoms with Crippen molar-refractivity contribution >= 4 is 5.69 Å². The molecule has 0 atom stereocenters. The maximum absolute atomic E-state index is 3.48. The molecule has 2 N–H and O–H groups in total. The van der Waals surface area contributed by atoms with Crippen molar-refractivity contribution in [2.45, 2.75) is 37.8 Å². The summed E-state index contributed by atoms with van der Waals surface area (Å²) >= 11 is 0. The van der Waals surface area contributed by atoms with Crippen LogP contribution in [0.25, 0.3) is 0 Å². The normalized spacial score (nSPS) is 22.3. The van der Waals surface area contributed by atoms with Gasteiger partial charge in [0, 0.05) is 17.8 Å². The SMILES string of the molecule is c1ccc(N(C2CCNCC2)C2CCNCC2)cc1. The zero-order valence-electron chi connectivity index (χ0n) is 11.6. The van der Waals surface area contributed by atoms with Crippen molar-refractivity contribution in [3.63, 3.8) is 0 Å². The van der Waals surface area contributed by atoms with E-state index in [0.29, 0.717) is 12.1 Å². The van der Waals surface area contributed by atoms with E-state index in [1.54, 1.807) is 0 Å². The average molecular weight is 259 g/mol. The van der Waals surface area contributed by atoms with Gasteiger partial charge in [-0.15, -0.1) is 0 Å². The van der Waals surface area contributed by atoms with Crippen molar-refractivity contribution in [1.29, 1.82) is 0 Å². The second-order valence-electron chi connectivity index (χ2n) is 5.71. The Kier molecular flexibility index (Phi) is 4.36. The predicted molar refractivity (Wildman–Crippen MR) is 80.7 cm³/mol. The van der Waals surface area contributed by atoms with E-state index in [-0.39, 0.29) is 0 Å². The van der Waals surface area contributed by atoms with Crippen LogP contribution in [0.1, 0.15) is 25.7 Å². The highest BCUT2D eigenvalue weighted by Gasteiger charge is 2.28. The fourth-order valence-corrected chi connectivity index (χ4v) is 3.49. The second-order valence-corrected chi connectivity index (χ2v) is 5.71. The van der Waals surface area contributed by atoms with Gasteiger partial charge in [0.1, 0.15) is 0 Å². The highest BCUT2D eigenvalue weighted by molar-refractivity contribution is 5.48. The summed E-state index contributed by atoms with van der Waals surface area (Å²) in [6, 6.07) is 12.5. The molecule has 2 heterocycles. The number of piperidine rings is 2. The molecule has 2 saturated heterocycles. The summed E-state index contributed by atoms with van der Waals surface area (Å²) in [6.07, 6.45) is 5.11. The molecular weight excluding hydrogens is 234 g/mol. The van der Waals surface area contributed by atoms with Gasteiger partial charge in [-0.05, 0) is 64.0 Å². The minimum atomic E-state index is 0.715. The first-order valence-corrected chi connectivity index (χ1v) is 7.70. The number of anilines is 1. The maximum atomic E-state index is 3.48. The van der Waals surface area contributed by atoms with Crippen molar-refractivity contribution in [2.24, 2.45) is 0 Å². The van der Waals surface area contributed by atoms with Crippen LogP contribution in [-0.2, 0) is 0 Å². The Hall–Kier alpha value is -1.06. The zero-order chi connectivity index (χ0) is 12.9. The lowest BCUT2D eigenvalue weighted by Gasteiger charge is -2.43. The Morgan fingerprint density at radius 1 is 0.737 bits per heavy atom. The van der Waals surface area contributed by atoms with E-state index >= 15 is 0 Å². The van der Waals surface area contributed by atoms with Gasteiger partial charge in [0.25, 0.3) is 0 Å². The van der Waals surface area contributed by atoms with Gasteiger partial charge in [-0.3, -0.25) is 0 Å². The van der Waals surface area contributed by atoms with Crippen molar-refractivity contribution < 1.29 is 0 Å². The Bertz CT molecular complexity index is 349. The first kappa shape index (κ1) is 12.9. The number of nitrogens with zero attached hydrogens (tertiary/aromatic N) is 1. The summed E-state index contributed by atoms with van der Waals surface area (Å²) in [6.45, 7) is 4.66. The van der Waals surface area contributed by atoms with Gasteiger partial charge in [0.05, 0.1) is 0 Å². The molecule has 1 aromatic rings. The van der Waals surface area contributed by atoms with Crippen LogP contribution in [0.3, 0.4) is 0 Å². The molecule has 0 radical (unpaired) electrons. The van der Waals surface area contributed by atoms with Crippen molar-refractivity contribution in [1.82, 2.24) is 10.6 Å². The van der Waals surface area contributed by atoms with E-state index in [0.717, 1.165) is 0 Å². The Morgan fingerprint density at radius 2 is 1.21 bits per heavy atom. The Labute approximate surface area is 116 Å². The third-order valence-electron chi connectivity index (χ3n) is 4.46. The quantitative estimate of drug-likeness (QED) is 0.869. The van der Waals surface area contributed by atoms with E-state index in [1.165, 1.54) is 57.5 Å². The van der Waals surface area contributed by atoms with E-state index in [2.05, 4.69) is 45.9 Å². The van der Waals surface area contributed by atoms with Gasteiger partial charge < -0.3 is 15.5 Å². The highest BCUT2D eigenvalue weighted by atomic mass is 15.2. The number of benzene rings is 1. The van der Waals surface area contributed by atoms with Gasteiger partial charge in [0.2, 0.25) is 0 Å². The van der Waals surface area contributed by atoms with Crippen LogP contribution in [-0.4, -0.2) is 38.3 Å². The standard InChI is InChI=1S/C16H25N3/c1-2-4-14(5-3-1)19(15-6-10-17-11-7-15)16-8-12-18-13-9-16/h1-5,15-18H,6-13H2. The summed E-state index contributed by atoms with van der Waals surface area (Å²) in [5.74, 6) is 0. The van der Waals surface area contributed by atoms with Crippen LogP contribution in [0.2, 0.25) is 0 Å². The fraction of sp³-hybridized carbons (Fsp3) is 0.625. The molecule has 0 unspecified atom stereocenters. The van der Waals surface area contributed by atoms with E-state index < -0.39 is 0 Å². The van der Waals surface area contributed by atoms with Crippen LogP contribution >= 0.6 is 0 Å². The van der Waals surface area contributed by atoms with Gasteiger partial charge in [0.15, 0.2) is 0 Å². The largest absolute Gasteiger partial charge is 0.365 e. The number of hydrogen-bond donors (Lipinski definition) is 2. The topological polar surface area (TPSA) is 27.3 Å². The monoisotopic (exact) mass is 259 g/mol. The van der Waals surface area contributed by atoms with Gasteiger partial charge in [-0.25, -0.2) is 0 Å². The van der Waals surface area contributed by atoms with E-state index in [4.69, 9.17) is 0 Å². The van der Waals surface area contributed by atoms with Crippen LogP contribution < -0.4 is 15.5 Å². The average Bonchev–Trinajstić information content (AvgIpc) is 2.51. The Balaban J connectivity index is 1.81. The first-order valence-electron chi connectivity index (χ1n) is 7.70. The highest BCUT2D eigenvalue weighted by Crippen LogP contribution is 2.27. The third-order valence-corrected chi connectivity index (χ3v) is 4.46. The first-order chi connectivity index (χ1) is 9.45. The van der Waals surface area contributed by atoms with Gasteiger partial charge in [-0.2, -0.15) is 0 Å². The summed E-state index contributed by atoms with van der Waals surface area (Å²) in [4.78, 5) is 2.72. The minimum Gasteiger partial charge on any atom is -0.365 e. The summed E-state index contributed by atoms with van der Waals surface area (Å²) < 4.78 is 0. The molecule has 0 bridgehead atoms. The van der Waals surface area contributed by atoms with Crippen LogP contribution in [0.4, 0.5) is 5.69 Å². The number of para-hydroxylation sites is 1. The van der Waals surface area contributed by atoms with Crippen molar-refractivity contribution in [3.05, 3.63) is 30.3 Å². The molecule has 104 valence electrons. The molecule has 3 heteroatoms. The van der Waals surface area contributed by atoms with Gasteiger partial charge in [-0.1, -0.05) is 18.2 Å². The molecule has 0 aliphatic carbocycles. The molecule has 3 rings (SSSR count). The number of nitrogens with one attached hydrogen (secondary N) is 2. The lowest BCUT2D eigenvalue weighted by Crippen LogP contribution is -2.51. The number of rotatable bonds is 3. The molecule has 3 nitrogen and oxygen atoms in total. The molecular formula is C16H25N3. The predicted octanol–water partition coefficient (Wildman–Crippen LogP) is 2.00. The molecule has 0 spiro atoms. The molecule has 2 aliphatic rings. The zero-order valence-corrected chi connectivity index (χ0v) is 11.6. The second kappa shape index (κ2) is 6.40. The lowest BCUT2D eigenvalue weighted by molar-refractivity contribution is 0.355. The summed E-state index contributed by atoms with van der Waals surface area (Å²) in [5, 5.41) is 6.97. The van der Waals surface area contributed by atoms with Crippen molar-refractivity contribution in [3.8, 4) is 0 Å². The smallest absolute Gasteiger partial charge is 0.0371 e. The molecule has 0 aromatic heterocycles. The Morgan fingerprint density at radius 3 is 1.68 bits per heavy atom. The number of hydrogen-bond acceptors (Lipinski definition) is 3. The molecule has 0 amide bonds. The summed E-state index contributed by atoms with van der Waals surface area (Å²) in [5.41, 5.74) is 1.42. The lowest BCUT2D eigenvalue weighted by atomic mass is 9.96. The molecule has 19 heavy (non-hydrogen) atoms. The third kappa shape index (κ3) is 3.10. The van der Waals surface area contributed by atoms with Crippen LogP contribution in [0, 0.1) is 0 Å². The molecule has 2 fully saturated rings.